The summed E-state index contributed by atoms with van der Waals surface area (Å²) in [5.74, 6) is -0.178. The van der Waals surface area contributed by atoms with Crippen molar-refractivity contribution in [1.82, 2.24) is 15.5 Å². The van der Waals surface area contributed by atoms with Crippen LogP contribution in [-0.2, 0) is 16.1 Å². The van der Waals surface area contributed by atoms with Crippen LogP contribution in [-0.4, -0.2) is 71.5 Å². The maximum atomic E-state index is 12.2. The van der Waals surface area contributed by atoms with Crippen molar-refractivity contribution in [3.05, 3.63) is 29.3 Å². The van der Waals surface area contributed by atoms with Crippen molar-refractivity contribution >= 4 is 17.6 Å². The van der Waals surface area contributed by atoms with Crippen LogP contribution in [0, 0.1) is 0 Å². The lowest BCUT2D eigenvalue weighted by Crippen LogP contribution is -2.46. The van der Waals surface area contributed by atoms with Crippen LogP contribution in [0.15, 0.2) is 18.2 Å². The van der Waals surface area contributed by atoms with Crippen LogP contribution in [0.3, 0.4) is 0 Å². The summed E-state index contributed by atoms with van der Waals surface area (Å²) in [5.41, 5.74) is 2.92. The zero-order valence-electron chi connectivity index (χ0n) is 16.3. The number of hydrogen-bond donors (Lipinski definition) is 5. The van der Waals surface area contributed by atoms with Gasteiger partial charge in [0.2, 0.25) is 5.91 Å². The second-order valence-corrected chi connectivity index (χ2v) is 7.90. The molecule has 0 radical (unpaired) electrons. The van der Waals surface area contributed by atoms with E-state index in [1.54, 1.807) is 4.90 Å². The van der Waals surface area contributed by atoms with E-state index >= 15 is 0 Å². The maximum absolute atomic E-state index is 12.2. The number of carbonyl (C=O) groups excluding carboxylic acids is 2. The molecule has 9 heteroatoms. The molecular formula is C20H28N4O5. The Morgan fingerprint density at radius 1 is 1.31 bits per heavy atom. The number of amides is 3. The Balaban J connectivity index is 1.27. The van der Waals surface area contributed by atoms with Gasteiger partial charge >= 0.3 is 6.03 Å². The molecule has 0 aromatic heterocycles. The van der Waals surface area contributed by atoms with Crippen LogP contribution in [0.4, 0.5) is 10.5 Å². The van der Waals surface area contributed by atoms with E-state index < -0.39 is 12.1 Å². The Morgan fingerprint density at radius 2 is 2.17 bits per heavy atom. The monoisotopic (exact) mass is 404 g/mol. The van der Waals surface area contributed by atoms with Crippen molar-refractivity contribution in [2.75, 3.05) is 31.6 Å². The maximum Gasteiger partial charge on any atom is 0.315 e. The van der Waals surface area contributed by atoms with Crippen LogP contribution in [0.2, 0.25) is 0 Å². The van der Waals surface area contributed by atoms with Crippen molar-refractivity contribution in [3.8, 4) is 0 Å². The number of nitrogens with zero attached hydrogens (tertiary/aromatic N) is 1. The Bertz CT molecular complexity index is 773. The molecule has 0 aliphatic carbocycles. The van der Waals surface area contributed by atoms with Gasteiger partial charge in [-0.2, -0.15) is 0 Å². The third kappa shape index (κ3) is 4.31. The van der Waals surface area contributed by atoms with E-state index in [2.05, 4.69) is 16.0 Å². The Hall–Kier alpha value is -2.36. The molecule has 2 bridgehead atoms. The minimum Gasteiger partial charge on any atom is -0.394 e. The van der Waals surface area contributed by atoms with Crippen molar-refractivity contribution in [2.45, 2.75) is 50.1 Å². The lowest BCUT2D eigenvalue weighted by atomic mass is 9.89. The lowest BCUT2D eigenvalue weighted by Gasteiger charge is -2.40. The fourth-order valence-electron chi connectivity index (χ4n) is 4.33. The zero-order chi connectivity index (χ0) is 20.4. The summed E-state index contributed by atoms with van der Waals surface area (Å²) in [6.45, 7) is 1.13. The van der Waals surface area contributed by atoms with Crippen LogP contribution in [0.5, 0.6) is 0 Å². The van der Waals surface area contributed by atoms with E-state index in [4.69, 9.17) is 4.74 Å². The number of likely N-dealkylation sites (tertiary alicyclic amines) is 1. The van der Waals surface area contributed by atoms with Gasteiger partial charge in [0.15, 0.2) is 0 Å². The highest BCUT2D eigenvalue weighted by molar-refractivity contribution is 5.84. The molecule has 1 aromatic carbocycles. The Labute approximate surface area is 169 Å². The molecule has 5 N–H and O–H groups in total. The molecule has 0 saturated carbocycles. The molecule has 3 aliphatic heterocycles. The molecule has 3 aliphatic rings. The first-order valence-corrected chi connectivity index (χ1v) is 10.2. The Kier molecular flexibility index (Phi) is 5.89. The average molecular weight is 404 g/mol. The average Bonchev–Trinajstić information content (AvgIpc) is 3.22. The van der Waals surface area contributed by atoms with Crippen molar-refractivity contribution in [3.63, 3.8) is 0 Å². The van der Waals surface area contributed by atoms with Crippen LogP contribution >= 0.6 is 0 Å². The summed E-state index contributed by atoms with van der Waals surface area (Å²) >= 11 is 0. The molecule has 2 saturated heterocycles. The molecule has 1 aromatic rings. The molecule has 158 valence electrons. The molecule has 4 atom stereocenters. The van der Waals surface area contributed by atoms with E-state index in [0.29, 0.717) is 19.7 Å². The second-order valence-electron chi connectivity index (χ2n) is 7.90. The Morgan fingerprint density at radius 3 is 3.00 bits per heavy atom. The van der Waals surface area contributed by atoms with Gasteiger partial charge in [0.25, 0.3) is 0 Å². The number of aliphatic hydroxyl groups is 2. The normalized spacial score (nSPS) is 27.7. The SMILES string of the molecule is O=C(NCC(=O)N1CCC[C@H]1CO)NCc1ccc2c(c1)[C@H]1C[C@@H](N2)[C@H](O)CO1. The minimum atomic E-state index is -0.500. The van der Waals surface area contributed by atoms with Gasteiger partial charge < -0.3 is 35.8 Å². The van der Waals surface area contributed by atoms with Gasteiger partial charge in [0.05, 0.1) is 44.1 Å². The summed E-state index contributed by atoms with van der Waals surface area (Å²) < 4.78 is 5.75. The van der Waals surface area contributed by atoms with Gasteiger partial charge in [0.1, 0.15) is 0 Å². The predicted molar refractivity (Wildman–Crippen MR) is 105 cm³/mol. The molecule has 3 heterocycles. The first-order chi connectivity index (χ1) is 14.0. The topological polar surface area (TPSA) is 123 Å². The molecule has 0 spiro atoms. The van der Waals surface area contributed by atoms with Gasteiger partial charge in [-0.1, -0.05) is 6.07 Å². The number of hydrogen-bond acceptors (Lipinski definition) is 6. The summed E-state index contributed by atoms with van der Waals surface area (Å²) in [4.78, 5) is 25.9. The molecule has 29 heavy (non-hydrogen) atoms. The molecule has 9 nitrogen and oxygen atoms in total. The molecule has 0 unspecified atom stereocenters. The molecule has 3 amide bonds. The molecular weight excluding hydrogens is 376 g/mol. The van der Waals surface area contributed by atoms with Gasteiger partial charge in [-0.25, -0.2) is 4.79 Å². The third-order valence-corrected chi connectivity index (χ3v) is 5.97. The second kappa shape index (κ2) is 8.56. The number of carbonyl (C=O) groups is 2. The van der Waals surface area contributed by atoms with Crippen molar-refractivity contribution in [1.29, 1.82) is 0 Å². The standard InChI is InChI=1S/C20H28N4O5/c25-10-13-2-1-5-24(13)19(27)9-22-20(28)21-8-12-3-4-15-14(6-12)18-7-16(23-15)17(26)11-29-18/h3-4,6,13,16-18,23,25-26H,1-2,5,7-11H2,(H2,21,22,28)/t13-,16+,17+,18+/m0/s1. The third-order valence-electron chi connectivity index (χ3n) is 5.97. The molecule has 4 rings (SSSR count). The number of benzene rings is 1. The van der Waals surface area contributed by atoms with Crippen LogP contribution in [0.25, 0.3) is 0 Å². The fraction of sp³-hybridized carbons (Fsp3) is 0.600. The fourth-order valence-corrected chi connectivity index (χ4v) is 4.33. The first kappa shape index (κ1) is 19.9. The number of rotatable bonds is 5. The van der Waals surface area contributed by atoms with Crippen LogP contribution in [0.1, 0.15) is 36.5 Å². The molecule has 2 fully saturated rings. The van der Waals surface area contributed by atoms with Crippen molar-refractivity contribution < 1.29 is 24.5 Å². The first-order valence-electron chi connectivity index (χ1n) is 10.2. The van der Waals surface area contributed by atoms with Gasteiger partial charge in [-0.15, -0.1) is 0 Å². The minimum absolute atomic E-state index is 0.00887. The van der Waals surface area contributed by atoms with Gasteiger partial charge in [-0.3, -0.25) is 4.79 Å². The number of ether oxygens (including phenoxy) is 1. The van der Waals surface area contributed by atoms with Crippen LogP contribution < -0.4 is 16.0 Å². The summed E-state index contributed by atoms with van der Waals surface area (Å²) in [5, 5.41) is 28.0. The summed E-state index contributed by atoms with van der Waals surface area (Å²) in [7, 11) is 0. The quantitative estimate of drug-likeness (QED) is 0.474. The highest BCUT2D eigenvalue weighted by Crippen LogP contribution is 2.39. The zero-order valence-corrected chi connectivity index (χ0v) is 16.3. The lowest BCUT2D eigenvalue weighted by molar-refractivity contribution is -0.131. The van der Waals surface area contributed by atoms with E-state index in [1.165, 1.54) is 0 Å². The van der Waals surface area contributed by atoms with E-state index in [0.717, 1.165) is 36.1 Å². The van der Waals surface area contributed by atoms with Crippen molar-refractivity contribution in [2.24, 2.45) is 0 Å². The summed E-state index contributed by atoms with van der Waals surface area (Å²) in [6, 6.07) is 5.32. The van der Waals surface area contributed by atoms with Gasteiger partial charge in [-0.05, 0) is 30.5 Å². The van der Waals surface area contributed by atoms with E-state index in [1.807, 2.05) is 18.2 Å². The number of urea groups is 1. The number of anilines is 1. The largest absolute Gasteiger partial charge is 0.394 e. The highest BCUT2D eigenvalue weighted by Gasteiger charge is 2.36. The predicted octanol–water partition coefficient (Wildman–Crippen LogP) is 0.0855. The van der Waals surface area contributed by atoms with E-state index in [9.17, 15) is 19.8 Å². The number of aliphatic hydroxyl groups excluding tert-OH is 2. The number of fused-ring (bicyclic) bond motifs is 4. The number of nitrogens with one attached hydrogen (secondary N) is 3. The summed E-state index contributed by atoms with van der Waals surface area (Å²) in [6.07, 6.45) is 1.84. The highest BCUT2D eigenvalue weighted by atomic mass is 16.5. The van der Waals surface area contributed by atoms with Gasteiger partial charge in [0, 0.05) is 30.8 Å². The smallest absolute Gasteiger partial charge is 0.315 e. The van der Waals surface area contributed by atoms with E-state index in [-0.39, 0.29) is 37.2 Å².